The first kappa shape index (κ1) is 16.5. The van der Waals surface area contributed by atoms with Gasteiger partial charge in [-0.05, 0) is 43.4 Å². The summed E-state index contributed by atoms with van der Waals surface area (Å²) in [6.45, 7) is 5.26. The van der Waals surface area contributed by atoms with Crippen molar-refractivity contribution in [2.75, 3.05) is 13.6 Å². The van der Waals surface area contributed by atoms with Crippen LogP contribution in [0.5, 0.6) is 11.5 Å². The van der Waals surface area contributed by atoms with E-state index in [4.69, 9.17) is 0 Å². The van der Waals surface area contributed by atoms with Crippen LogP contribution in [0.15, 0.2) is 41.6 Å². The molecule has 1 aromatic carbocycles. The fraction of sp³-hybridized carbons (Fsp3) is 0.474. The Morgan fingerprint density at radius 3 is 2.50 bits per heavy atom. The Kier molecular flexibility index (Phi) is 5.53. The highest BCUT2D eigenvalue weighted by molar-refractivity contribution is 5.37. The first-order valence-electron chi connectivity index (χ1n) is 8.10. The van der Waals surface area contributed by atoms with Gasteiger partial charge in [0.2, 0.25) is 0 Å². The molecule has 0 saturated carbocycles. The predicted molar refractivity (Wildman–Crippen MR) is 91.0 cm³/mol. The van der Waals surface area contributed by atoms with Crippen molar-refractivity contribution < 1.29 is 10.2 Å². The number of aromatic hydroxyl groups is 2. The average Bonchev–Trinajstić information content (AvgIpc) is 2.46. The van der Waals surface area contributed by atoms with Gasteiger partial charge in [0.25, 0.3) is 0 Å². The third-order valence-corrected chi connectivity index (χ3v) is 4.44. The molecular formula is C19H27NO2. The molecule has 120 valence electrons. The quantitative estimate of drug-likeness (QED) is 0.800. The molecule has 0 aliphatic carbocycles. The molecule has 0 radical (unpaired) electrons. The van der Waals surface area contributed by atoms with Gasteiger partial charge in [-0.1, -0.05) is 31.1 Å². The maximum atomic E-state index is 9.67. The van der Waals surface area contributed by atoms with Crippen molar-refractivity contribution in [3.63, 3.8) is 0 Å². The Morgan fingerprint density at radius 2 is 1.91 bits per heavy atom. The molecule has 1 aliphatic heterocycles. The van der Waals surface area contributed by atoms with Crippen LogP contribution in [0.2, 0.25) is 0 Å². The molecule has 0 spiro atoms. The molecule has 0 bridgehead atoms. The van der Waals surface area contributed by atoms with Gasteiger partial charge in [0, 0.05) is 31.8 Å². The topological polar surface area (TPSA) is 43.7 Å². The van der Waals surface area contributed by atoms with Crippen LogP contribution >= 0.6 is 0 Å². The number of benzene rings is 1. The van der Waals surface area contributed by atoms with Crippen LogP contribution in [0, 0.1) is 5.92 Å². The zero-order valence-corrected chi connectivity index (χ0v) is 13.8. The van der Waals surface area contributed by atoms with E-state index in [0.717, 1.165) is 37.8 Å². The molecule has 0 fully saturated rings. The number of hydrogen-bond acceptors (Lipinski definition) is 3. The van der Waals surface area contributed by atoms with E-state index < -0.39 is 0 Å². The molecule has 3 nitrogen and oxygen atoms in total. The zero-order valence-electron chi connectivity index (χ0n) is 13.8. The normalized spacial score (nSPS) is 18.4. The van der Waals surface area contributed by atoms with Crippen LogP contribution < -0.4 is 0 Å². The molecule has 1 unspecified atom stereocenters. The van der Waals surface area contributed by atoms with Crippen molar-refractivity contribution in [2.24, 2.45) is 5.92 Å². The number of nitrogens with zero attached hydrogens (tertiary/aromatic N) is 1. The van der Waals surface area contributed by atoms with Crippen molar-refractivity contribution in [3.05, 3.63) is 47.2 Å². The van der Waals surface area contributed by atoms with Gasteiger partial charge >= 0.3 is 0 Å². The summed E-state index contributed by atoms with van der Waals surface area (Å²) in [6.07, 6.45) is 8.66. The smallest absolute Gasteiger partial charge is 0.119 e. The summed E-state index contributed by atoms with van der Waals surface area (Å²) in [4.78, 5) is 2.28. The van der Waals surface area contributed by atoms with Crippen LogP contribution in [0.4, 0.5) is 0 Å². The molecule has 0 amide bonds. The van der Waals surface area contributed by atoms with Crippen molar-refractivity contribution in [1.29, 1.82) is 0 Å². The second-order valence-corrected chi connectivity index (χ2v) is 6.16. The summed E-state index contributed by atoms with van der Waals surface area (Å²) in [5.41, 5.74) is 3.85. The SMILES string of the molecule is C/C=C1\CC(C(CCC)Cc2cc(O)cc(O)c2)=CCN1C. The van der Waals surface area contributed by atoms with Gasteiger partial charge in [0.1, 0.15) is 11.5 Å². The molecule has 0 saturated heterocycles. The Balaban J connectivity index is 2.19. The van der Waals surface area contributed by atoms with Crippen LogP contribution in [0.3, 0.4) is 0 Å². The number of likely N-dealkylation sites (N-methyl/N-ethyl adjacent to an activating group) is 1. The maximum Gasteiger partial charge on any atom is 0.119 e. The Morgan fingerprint density at radius 1 is 1.23 bits per heavy atom. The molecule has 1 aromatic rings. The molecule has 1 heterocycles. The van der Waals surface area contributed by atoms with Crippen molar-refractivity contribution in [3.8, 4) is 11.5 Å². The lowest BCUT2D eigenvalue weighted by Gasteiger charge is -2.31. The van der Waals surface area contributed by atoms with Gasteiger partial charge in [-0.3, -0.25) is 0 Å². The molecule has 3 heteroatoms. The van der Waals surface area contributed by atoms with E-state index in [0.29, 0.717) is 5.92 Å². The molecular weight excluding hydrogens is 274 g/mol. The van der Waals surface area contributed by atoms with E-state index in [2.05, 4.69) is 37.9 Å². The summed E-state index contributed by atoms with van der Waals surface area (Å²) >= 11 is 0. The Hall–Kier alpha value is -1.90. The molecule has 1 atom stereocenters. The Labute approximate surface area is 133 Å². The lowest BCUT2D eigenvalue weighted by molar-refractivity contribution is 0.411. The lowest BCUT2D eigenvalue weighted by Crippen LogP contribution is -2.25. The van der Waals surface area contributed by atoms with Crippen molar-refractivity contribution in [2.45, 2.75) is 39.5 Å². The van der Waals surface area contributed by atoms with Crippen LogP contribution in [-0.2, 0) is 6.42 Å². The second kappa shape index (κ2) is 7.39. The highest BCUT2D eigenvalue weighted by Gasteiger charge is 2.20. The predicted octanol–water partition coefficient (Wildman–Crippen LogP) is 4.22. The Bertz CT molecular complexity index is 555. The summed E-state index contributed by atoms with van der Waals surface area (Å²) in [5.74, 6) is 0.739. The van der Waals surface area contributed by atoms with Crippen LogP contribution in [0.25, 0.3) is 0 Å². The minimum atomic E-state index is 0.136. The van der Waals surface area contributed by atoms with E-state index >= 15 is 0 Å². The van der Waals surface area contributed by atoms with E-state index in [-0.39, 0.29) is 11.5 Å². The standard InChI is InChI=1S/C19H27NO2/c1-4-6-15(9-14-10-18(21)13-19(22)11-14)16-7-8-20(3)17(5-2)12-16/h5,7,10-11,13,15,21-22H,4,6,8-9,12H2,1-3H3/b17-5+. The van der Waals surface area contributed by atoms with Crippen molar-refractivity contribution in [1.82, 2.24) is 4.90 Å². The van der Waals surface area contributed by atoms with Gasteiger partial charge in [-0.15, -0.1) is 0 Å². The second-order valence-electron chi connectivity index (χ2n) is 6.16. The summed E-state index contributed by atoms with van der Waals surface area (Å²) in [5, 5.41) is 19.3. The number of phenolic OH excluding ortho intramolecular Hbond substituents is 2. The molecule has 22 heavy (non-hydrogen) atoms. The number of rotatable bonds is 5. The minimum Gasteiger partial charge on any atom is -0.508 e. The average molecular weight is 301 g/mol. The lowest BCUT2D eigenvalue weighted by atomic mass is 9.84. The number of hydrogen-bond donors (Lipinski definition) is 2. The molecule has 2 N–H and O–H groups in total. The molecule has 2 rings (SSSR count). The van der Waals surface area contributed by atoms with Crippen molar-refractivity contribution >= 4 is 0 Å². The first-order valence-corrected chi connectivity index (χ1v) is 8.10. The minimum absolute atomic E-state index is 0.136. The third-order valence-electron chi connectivity index (χ3n) is 4.44. The highest BCUT2D eigenvalue weighted by atomic mass is 16.3. The summed E-state index contributed by atoms with van der Waals surface area (Å²) in [6, 6.07) is 4.90. The number of phenols is 2. The van der Waals surface area contributed by atoms with Crippen LogP contribution in [0.1, 0.15) is 38.7 Å². The summed E-state index contributed by atoms with van der Waals surface area (Å²) < 4.78 is 0. The first-order chi connectivity index (χ1) is 10.5. The van der Waals surface area contributed by atoms with E-state index in [1.54, 1.807) is 12.1 Å². The van der Waals surface area contributed by atoms with Gasteiger partial charge in [-0.2, -0.15) is 0 Å². The number of allylic oxidation sites excluding steroid dienone is 2. The third kappa shape index (κ3) is 4.06. The molecule has 1 aliphatic rings. The highest BCUT2D eigenvalue weighted by Crippen LogP contribution is 2.32. The maximum absolute atomic E-state index is 9.67. The van der Waals surface area contributed by atoms with Crippen LogP contribution in [-0.4, -0.2) is 28.7 Å². The monoisotopic (exact) mass is 301 g/mol. The van der Waals surface area contributed by atoms with E-state index in [9.17, 15) is 10.2 Å². The molecule has 0 aromatic heterocycles. The van der Waals surface area contributed by atoms with E-state index in [1.165, 1.54) is 17.3 Å². The van der Waals surface area contributed by atoms with Gasteiger partial charge in [-0.25, -0.2) is 0 Å². The van der Waals surface area contributed by atoms with Gasteiger partial charge in [0.15, 0.2) is 0 Å². The largest absolute Gasteiger partial charge is 0.508 e. The summed E-state index contributed by atoms with van der Waals surface area (Å²) in [7, 11) is 2.13. The fourth-order valence-corrected chi connectivity index (χ4v) is 3.25. The zero-order chi connectivity index (χ0) is 16.1. The van der Waals surface area contributed by atoms with E-state index in [1.807, 2.05) is 0 Å². The van der Waals surface area contributed by atoms with Gasteiger partial charge < -0.3 is 15.1 Å². The fourth-order valence-electron chi connectivity index (χ4n) is 3.25. The van der Waals surface area contributed by atoms with Gasteiger partial charge in [0.05, 0.1) is 0 Å².